The Kier molecular flexibility index (Phi) is 9.80. The van der Waals surface area contributed by atoms with Crippen molar-refractivity contribution in [3.63, 3.8) is 0 Å². The van der Waals surface area contributed by atoms with Crippen LogP contribution in [-0.2, 0) is 11.3 Å². The topological polar surface area (TPSA) is 58.4 Å². The van der Waals surface area contributed by atoms with Crippen LogP contribution < -0.4 is 11.1 Å². The highest BCUT2D eigenvalue weighted by Crippen LogP contribution is 2.21. The van der Waals surface area contributed by atoms with Crippen molar-refractivity contribution in [1.82, 2.24) is 10.2 Å². The summed E-state index contributed by atoms with van der Waals surface area (Å²) in [6.45, 7) is 2.92. The van der Waals surface area contributed by atoms with E-state index in [0.29, 0.717) is 12.1 Å². The van der Waals surface area contributed by atoms with Crippen LogP contribution in [0.5, 0.6) is 0 Å². The van der Waals surface area contributed by atoms with Gasteiger partial charge >= 0.3 is 0 Å². The quantitative estimate of drug-likeness (QED) is 0.833. The fourth-order valence-electron chi connectivity index (χ4n) is 3.84. The van der Waals surface area contributed by atoms with E-state index in [1.807, 2.05) is 6.07 Å². The van der Waals surface area contributed by atoms with Crippen molar-refractivity contribution in [2.45, 2.75) is 57.2 Å². The minimum atomic E-state index is 0. The number of carbonyl (C=O) groups is 1. The van der Waals surface area contributed by atoms with E-state index in [9.17, 15) is 4.79 Å². The number of halogens is 2. The van der Waals surface area contributed by atoms with Crippen LogP contribution in [0.25, 0.3) is 0 Å². The third-order valence-corrected chi connectivity index (χ3v) is 5.24. The molecular formula is C19H31Cl2N3O. The van der Waals surface area contributed by atoms with E-state index in [2.05, 4.69) is 34.5 Å². The molecule has 2 fully saturated rings. The Morgan fingerprint density at radius 1 is 1.08 bits per heavy atom. The Labute approximate surface area is 163 Å². The smallest absolute Gasteiger partial charge is 0.224 e. The molecule has 1 aliphatic carbocycles. The first-order valence-electron chi connectivity index (χ1n) is 9.03. The van der Waals surface area contributed by atoms with Gasteiger partial charge in [0.05, 0.1) is 5.92 Å². The lowest BCUT2D eigenvalue weighted by atomic mass is 9.90. The number of piperidine rings is 1. The molecule has 2 aliphatic rings. The number of amides is 1. The zero-order valence-electron chi connectivity index (χ0n) is 14.7. The fourth-order valence-corrected chi connectivity index (χ4v) is 3.84. The van der Waals surface area contributed by atoms with Crippen molar-refractivity contribution in [2.75, 3.05) is 13.1 Å². The van der Waals surface area contributed by atoms with Crippen LogP contribution in [0.2, 0.25) is 0 Å². The van der Waals surface area contributed by atoms with Crippen LogP contribution in [0.3, 0.4) is 0 Å². The number of benzene rings is 1. The van der Waals surface area contributed by atoms with Crippen molar-refractivity contribution in [1.29, 1.82) is 0 Å². The van der Waals surface area contributed by atoms with Gasteiger partial charge in [0.25, 0.3) is 0 Å². The molecule has 1 atom stereocenters. The van der Waals surface area contributed by atoms with Gasteiger partial charge in [0.2, 0.25) is 5.91 Å². The summed E-state index contributed by atoms with van der Waals surface area (Å²) in [6, 6.07) is 11.2. The second-order valence-corrected chi connectivity index (χ2v) is 7.18. The van der Waals surface area contributed by atoms with Crippen LogP contribution >= 0.6 is 24.8 Å². The SMILES string of the molecule is Cl.Cl.NC1CCC(NC(=O)C2CCCN(Cc3ccccc3)C2)CC1. The Morgan fingerprint density at radius 3 is 2.44 bits per heavy atom. The maximum atomic E-state index is 12.6. The second-order valence-electron chi connectivity index (χ2n) is 7.18. The normalized spacial score (nSPS) is 26.8. The number of hydrogen-bond donors (Lipinski definition) is 2. The van der Waals surface area contributed by atoms with Crippen molar-refractivity contribution in [3.05, 3.63) is 35.9 Å². The highest BCUT2D eigenvalue weighted by Gasteiger charge is 2.28. The lowest BCUT2D eigenvalue weighted by molar-refractivity contribution is -0.127. The van der Waals surface area contributed by atoms with E-state index in [0.717, 1.165) is 58.2 Å². The predicted molar refractivity (Wildman–Crippen MR) is 107 cm³/mol. The third kappa shape index (κ3) is 6.78. The maximum Gasteiger partial charge on any atom is 0.224 e. The summed E-state index contributed by atoms with van der Waals surface area (Å²) in [6.07, 6.45) is 6.27. The molecule has 1 saturated carbocycles. The second kappa shape index (κ2) is 11.0. The van der Waals surface area contributed by atoms with E-state index in [4.69, 9.17) is 5.73 Å². The van der Waals surface area contributed by atoms with Crippen LogP contribution in [0.1, 0.15) is 44.1 Å². The van der Waals surface area contributed by atoms with Gasteiger partial charge in [-0.15, -0.1) is 24.8 Å². The third-order valence-electron chi connectivity index (χ3n) is 5.24. The number of nitrogens with two attached hydrogens (primary N) is 1. The molecule has 1 aliphatic heterocycles. The van der Waals surface area contributed by atoms with Gasteiger partial charge in [-0.1, -0.05) is 30.3 Å². The van der Waals surface area contributed by atoms with Gasteiger partial charge in [0.15, 0.2) is 0 Å². The zero-order chi connectivity index (χ0) is 16.1. The van der Waals surface area contributed by atoms with Gasteiger partial charge in [-0.3, -0.25) is 9.69 Å². The lowest BCUT2D eigenvalue weighted by Gasteiger charge is -2.34. The highest BCUT2D eigenvalue weighted by molar-refractivity contribution is 5.85. The van der Waals surface area contributed by atoms with Crippen LogP contribution in [-0.4, -0.2) is 36.0 Å². The maximum absolute atomic E-state index is 12.6. The van der Waals surface area contributed by atoms with Gasteiger partial charge in [0.1, 0.15) is 0 Å². The van der Waals surface area contributed by atoms with Crippen molar-refractivity contribution in [3.8, 4) is 0 Å². The molecule has 1 heterocycles. The average Bonchev–Trinajstić information content (AvgIpc) is 2.58. The summed E-state index contributed by atoms with van der Waals surface area (Å²) in [5.41, 5.74) is 7.27. The number of nitrogens with zero attached hydrogens (tertiary/aromatic N) is 1. The summed E-state index contributed by atoms with van der Waals surface area (Å²) >= 11 is 0. The molecule has 6 heteroatoms. The Balaban J connectivity index is 0.00000156. The summed E-state index contributed by atoms with van der Waals surface area (Å²) < 4.78 is 0. The number of likely N-dealkylation sites (tertiary alicyclic amines) is 1. The minimum absolute atomic E-state index is 0. The van der Waals surface area contributed by atoms with E-state index in [1.54, 1.807) is 0 Å². The monoisotopic (exact) mass is 387 g/mol. The van der Waals surface area contributed by atoms with Crippen molar-refractivity contribution in [2.24, 2.45) is 11.7 Å². The van der Waals surface area contributed by atoms with Crippen LogP contribution in [0.4, 0.5) is 0 Å². The van der Waals surface area contributed by atoms with Gasteiger partial charge < -0.3 is 11.1 Å². The first-order valence-corrected chi connectivity index (χ1v) is 9.03. The lowest BCUT2D eigenvalue weighted by Crippen LogP contribution is -2.47. The van der Waals surface area contributed by atoms with Crippen LogP contribution in [0, 0.1) is 5.92 Å². The molecule has 1 unspecified atom stereocenters. The first kappa shape index (κ1) is 22.2. The fraction of sp³-hybridized carbons (Fsp3) is 0.632. The Bertz CT molecular complexity index is 507. The highest BCUT2D eigenvalue weighted by atomic mass is 35.5. The molecule has 1 amide bonds. The predicted octanol–water partition coefficient (Wildman–Crippen LogP) is 3.13. The molecule has 1 aromatic rings. The number of hydrogen-bond acceptors (Lipinski definition) is 3. The number of rotatable bonds is 4. The molecule has 1 aromatic carbocycles. The molecular weight excluding hydrogens is 357 g/mol. The van der Waals surface area contributed by atoms with E-state index in [-0.39, 0.29) is 36.6 Å². The average molecular weight is 388 g/mol. The molecule has 4 nitrogen and oxygen atoms in total. The zero-order valence-corrected chi connectivity index (χ0v) is 16.4. The van der Waals surface area contributed by atoms with Crippen LogP contribution in [0.15, 0.2) is 30.3 Å². The molecule has 3 rings (SSSR count). The Morgan fingerprint density at radius 2 is 1.76 bits per heavy atom. The van der Waals surface area contributed by atoms with Gasteiger partial charge in [-0.05, 0) is 50.6 Å². The molecule has 0 bridgehead atoms. The molecule has 0 spiro atoms. The standard InChI is InChI=1S/C19H29N3O.2ClH/c20-17-8-10-18(11-9-17)21-19(23)16-7-4-12-22(14-16)13-15-5-2-1-3-6-15;;/h1-3,5-6,16-18H,4,7-14,20H2,(H,21,23);2*1H. The molecule has 142 valence electrons. The van der Waals surface area contributed by atoms with E-state index in [1.165, 1.54) is 5.56 Å². The molecule has 0 radical (unpaired) electrons. The summed E-state index contributed by atoms with van der Waals surface area (Å²) in [5.74, 6) is 0.395. The summed E-state index contributed by atoms with van der Waals surface area (Å²) in [7, 11) is 0. The minimum Gasteiger partial charge on any atom is -0.353 e. The molecule has 1 saturated heterocycles. The molecule has 3 N–H and O–H groups in total. The molecule has 25 heavy (non-hydrogen) atoms. The molecule has 0 aromatic heterocycles. The first-order chi connectivity index (χ1) is 11.2. The van der Waals surface area contributed by atoms with Crippen molar-refractivity contribution >= 4 is 30.7 Å². The summed E-state index contributed by atoms with van der Waals surface area (Å²) in [4.78, 5) is 15.0. The van der Waals surface area contributed by atoms with E-state index >= 15 is 0 Å². The van der Waals surface area contributed by atoms with E-state index < -0.39 is 0 Å². The van der Waals surface area contributed by atoms with Gasteiger partial charge in [0, 0.05) is 25.2 Å². The summed E-state index contributed by atoms with van der Waals surface area (Å²) in [5, 5.41) is 3.27. The number of carbonyl (C=O) groups excluding carboxylic acids is 1. The van der Waals surface area contributed by atoms with Crippen molar-refractivity contribution < 1.29 is 4.79 Å². The number of nitrogens with one attached hydrogen (secondary N) is 1. The van der Waals surface area contributed by atoms with Gasteiger partial charge in [-0.25, -0.2) is 0 Å². The van der Waals surface area contributed by atoms with Gasteiger partial charge in [-0.2, -0.15) is 0 Å². The Hall–Kier alpha value is -0.810. The largest absolute Gasteiger partial charge is 0.353 e.